The van der Waals surface area contributed by atoms with E-state index >= 15 is 0 Å². The van der Waals surface area contributed by atoms with Gasteiger partial charge in [-0.05, 0) is 18.3 Å². The highest BCUT2D eigenvalue weighted by atomic mass is 16.3. The molecule has 0 aromatic rings. The SMILES string of the molecule is CC1CC(O)C1C. The van der Waals surface area contributed by atoms with Gasteiger partial charge in [0, 0.05) is 0 Å². The Morgan fingerprint density at radius 1 is 1.43 bits per heavy atom. The number of hydrogen-bond acceptors (Lipinski definition) is 1. The van der Waals surface area contributed by atoms with Gasteiger partial charge in [0.2, 0.25) is 0 Å². The Balaban J connectivity index is 2.29. The largest absolute Gasteiger partial charge is 0.393 e. The van der Waals surface area contributed by atoms with E-state index in [1.165, 1.54) is 0 Å². The average Bonchev–Trinajstić information content (AvgIpc) is 1.68. The van der Waals surface area contributed by atoms with Gasteiger partial charge in [-0.25, -0.2) is 0 Å². The molecule has 1 rings (SSSR count). The predicted octanol–water partition coefficient (Wildman–Crippen LogP) is 1.02. The Bertz CT molecular complexity index is 62.6. The van der Waals surface area contributed by atoms with E-state index in [0.29, 0.717) is 5.92 Å². The fraction of sp³-hybridized carbons (Fsp3) is 1.00. The summed E-state index contributed by atoms with van der Waals surface area (Å²) >= 11 is 0. The lowest BCUT2D eigenvalue weighted by Gasteiger charge is -2.36. The summed E-state index contributed by atoms with van der Waals surface area (Å²) in [6, 6.07) is 0. The normalized spacial score (nSPS) is 51.0. The summed E-state index contributed by atoms with van der Waals surface area (Å²) in [5, 5.41) is 8.89. The zero-order chi connectivity index (χ0) is 5.44. The van der Waals surface area contributed by atoms with Crippen molar-refractivity contribution in [2.24, 2.45) is 11.8 Å². The number of aliphatic hydroxyl groups is 1. The highest BCUT2D eigenvalue weighted by Gasteiger charge is 2.31. The van der Waals surface area contributed by atoms with Crippen LogP contribution in [-0.2, 0) is 0 Å². The molecule has 0 aromatic heterocycles. The van der Waals surface area contributed by atoms with E-state index in [-0.39, 0.29) is 6.10 Å². The minimum absolute atomic E-state index is 0.00926. The predicted molar refractivity (Wildman–Crippen MR) is 29.0 cm³/mol. The van der Waals surface area contributed by atoms with E-state index in [0.717, 1.165) is 12.3 Å². The van der Waals surface area contributed by atoms with Crippen molar-refractivity contribution < 1.29 is 5.11 Å². The second-order valence-corrected chi connectivity index (χ2v) is 2.64. The van der Waals surface area contributed by atoms with Crippen molar-refractivity contribution in [2.45, 2.75) is 26.4 Å². The Labute approximate surface area is 44.4 Å². The second-order valence-electron chi connectivity index (χ2n) is 2.64. The molecule has 0 aliphatic heterocycles. The highest BCUT2D eigenvalue weighted by Crippen LogP contribution is 2.32. The lowest BCUT2D eigenvalue weighted by atomic mass is 9.74. The van der Waals surface area contributed by atoms with Gasteiger partial charge in [-0.2, -0.15) is 0 Å². The summed E-state index contributed by atoms with van der Waals surface area (Å²) in [7, 11) is 0. The van der Waals surface area contributed by atoms with Gasteiger partial charge in [0.05, 0.1) is 6.10 Å². The molecular formula is C6H12O. The van der Waals surface area contributed by atoms with E-state index in [1.807, 2.05) is 0 Å². The third-order valence-electron chi connectivity index (χ3n) is 2.12. The molecule has 0 radical (unpaired) electrons. The molecule has 7 heavy (non-hydrogen) atoms. The van der Waals surface area contributed by atoms with Crippen molar-refractivity contribution in [3.63, 3.8) is 0 Å². The first-order valence-corrected chi connectivity index (χ1v) is 2.90. The maximum atomic E-state index is 8.89. The standard InChI is InChI=1S/C6H12O/c1-4-3-6(7)5(4)2/h4-7H,3H2,1-2H3. The molecule has 0 aromatic carbocycles. The Morgan fingerprint density at radius 3 is 2.00 bits per heavy atom. The number of hydrogen-bond donors (Lipinski definition) is 1. The van der Waals surface area contributed by atoms with Gasteiger partial charge in [-0.15, -0.1) is 0 Å². The van der Waals surface area contributed by atoms with Crippen LogP contribution < -0.4 is 0 Å². The van der Waals surface area contributed by atoms with E-state index in [2.05, 4.69) is 13.8 Å². The van der Waals surface area contributed by atoms with E-state index in [1.54, 1.807) is 0 Å². The first kappa shape index (κ1) is 5.10. The summed E-state index contributed by atoms with van der Waals surface area (Å²) in [5.41, 5.74) is 0. The van der Waals surface area contributed by atoms with Gasteiger partial charge in [-0.3, -0.25) is 0 Å². The molecule has 42 valence electrons. The summed E-state index contributed by atoms with van der Waals surface area (Å²) < 4.78 is 0. The molecule has 1 nitrogen and oxygen atoms in total. The molecule has 0 bridgehead atoms. The fourth-order valence-electron chi connectivity index (χ4n) is 0.994. The molecule has 0 heterocycles. The van der Waals surface area contributed by atoms with Crippen molar-refractivity contribution in [1.29, 1.82) is 0 Å². The Hall–Kier alpha value is -0.0400. The molecule has 3 unspecified atom stereocenters. The van der Waals surface area contributed by atoms with Crippen LogP contribution in [0, 0.1) is 11.8 Å². The van der Waals surface area contributed by atoms with E-state index in [9.17, 15) is 0 Å². The van der Waals surface area contributed by atoms with Crippen molar-refractivity contribution in [3.8, 4) is 0 Å². The minimum Gasteiger partial charge on any atom is -0.393 e. The smallest absolute Gasteiger partial charge is 0.0571 e. The number of aliphatic hydroxyl groups excluding tert-OH is 1. The molecule has 1 heteroatoms. The van der Waals surface area contributed by atoms with Crippen molar-refractivity contribution in [3.05, 3.63) is 0 Å². The molecule has 1 fully saturated rings. The molecule has 1 saturated carbocycles. The summed E-state index contributed by atoms with van der Waals surface area (Å²) in [6.45, 7) is 4.27. The lowest BCUT2D eigenvalue weighted by Crippen LogP contribution is -2.37. The molecule has 3 atom stereocenters. The monoisotopic (exact) mass is 100 g/mol. The zero-order valence-electron chi connectivity index (χ0n) is 4.89. The Kier molecular flexibility index (Phi) is 1.08. The molecule has 1 aliphatic rings. The van der Waals surface area contributed by atoms with Gasteiger partial charge in [-0.1, -0.05) is 13.8 Å². The second kappa shape index (κ2) is 1.48. The zero-order valence-corrected chi connectivity index (χ0v) is 4.89. The van der Waals surface area contributed by atoms with E-state index < -0.39 is 0 Å². The highest BCUT2D eigenvalue weighted by molar-refractivity contribution is 4.82. The molecule has 1 N–H and O–H groups in total. The van der Waals surface area contributed by atoms with Gasteiger partial charge in [0.15, 0.2) is 0 Å². The summed E-state index contributed by atoms with van der Waals surface area (Å²) in [6.07, 6.45) is 1.02. The van der Waals surface area contributed by atoms with Crippen molar-refractivity contribution in [1.82, 2.24) is 0 Å². The minimum atomic E-state index is 0.00926. The van der Waals surface area contributed by atoms with Crippen LogP contribution in [0.25, 0.3) is 0 Å². The van der Waals surface area contributed by atoms with Crippen LogP contribution in [0.1, 0.15) is 20.3 Å². The van der Waals surface area contributed by atoms with Crippen LogP contribution in [0.3, 0.4) is 0 Å². The van der Waals surface area contributed by atoms with Crippen molar-refractivity contribution in [2.75, 3.05) is 0 Å². The third-order valence-corrected chi connectivity index (χ3v) is 2.12. The maximum absolute atomic E-state index is 8.89. The number of rotatable bonds is 0. The average molecular weight is 100 g/mol. The van der Waals surface area contributed by atoms with Gasteiger partial charge in [0.25, 0.3) is 0 Å². The van der Waals surface area contributed by atoms with Gasteiger partial charge >= 0.3 is 0 Å². The molecular weight excluding hydrogens is 88.1 g/mol. The third kappa shape index (κ3) is 0.653. The molecule has 0 amide bonds. The topological polar surface area (TPSA) is 20.2 Å². The van der Waals surface area contributed by atoms with Crippen molar-refractivity contribution >= 4 is 0 Å². The first-order chi connectivity index (χ1) is 3.22. The summed E-state index contributed by atoms with van der Waals surface area (Å²) in [5.74, 6) is 1.31. The van der Waals surface area contributed by atoms with Crippen LogP contribution in [-0.4, -0.2) is 11.2 Å². The summed E-state index contributed by atoms with van der Waals surface area (Å²) in [4.78, 5) is 0. The molecule has 0 spiro atoms. The van der Waals surface area contributed by atoms with Crippen LogP contribution in [0.2, 0.25) is 0 Å². The van der Waals surface area contributed by atoms with Crippen LogP contribution in [0.5, 0.6) is 0 Å². The van der Waals surface area contributed by atoms with Crippen LogP contribution in [0.4, 0.5) is 0 Å². The fourth-order valence-corrected chi connectivity index (χ4v) is 0.994. The van der Waals surface area contributed by atoms with E-state index in [4.69, 9.17) is 5.11 Å². The Morgan fingerprint density at radius 2 is 2.00 bits per heavy atom. The van der Waals surface area contributed by atoms with Gasteiger partial charge in [0.1, 0.15) is 0 Å². The lowest BCUT2D eigenvalue weighted by molar-refractivity contribution is -0.0143. The van der Waals surface area contributed by atoms with Crippen LogP contribution >= 0.6 is 0 Å². The van der Waals surface area contributed by atoms with Gasteiger partial charge < -0.3 is 5.11 Å². The maximum Gasteiger partial charge on any atom is 0.0571 e. The van der Waals surface area contributed by atoms with Crippen LogP contribution in [0.15, 0.2) is 0 Å². The molecule has 0 saturated heterocycles. The first-order valence-electron chi connectivity index (χ1n) is 2.90. The quantitative estimate of drug-likeness (QED) is 0.482. The molecule has 1 aliphatic carbocycles.